The predicted octanol–water partition coefficient (Wildman–Crippen LogP) is 3.64. The van der Waals surface area contributed by atoms with Crippen molar-refractivity contribution in [2.45, 2.75) is 32.8 Å². The van der Waals surface area contributed by atoms with E-state index in [0.29, 0.717) is 19.5 Å². The van der Waals surface area contributed by atoms with E-state index in [1.807, 2.05) is 26.8 Å². The van der Waals surface area contributed by atoms with Gasteiger partial charge in [-0.15, -0.1) is 0 Å². The van der Waals surface area contributed by atoms with E-state index in [0.717, 1.165) is 11.1 Å². The number of esters is 1. The molecule has 0 atom stereocenters. The average Bonchev–Trinajstić information content (AvgIpc) is 2.53. The highest BCUT2D eigenvalue weighted by Gasteiger charge is 2.24. The van der Waals surface area contributed by atoms with Crippen molar-refractivity contribution in [3.63, 3.8) is 0 Å². The summed E-state index contributed by atoms with van der Waals surface area (Å²) in [6.07, 6.45) is 2.14. The topological polar surface area (TPSA) is 55.8 Å². The summed E-state index contributed by atoms with van der Waals surface area (Å²) in [5, 5.41) is 0. The van der Waals surface area contributed by atoms with E-state index in [1.165, 1.54) is 19.2 Å². The zero-order valence-electron chi connectivity index (χ0n) is 14.4. The van der Waals surface area contributed by atoms with Gasteiger partial charge in [0.15, 0.2) is 0 Å². The Hall–Kier alpha value is -2.37. The fourth-order valence-corrected chi connectivity index (χ4v) is 2.42. The molecule has 6 heteroatoms. The average molecular weight is 335 g/mol. The molecule has 130 valence electrons. The second kappa shape index (κ2) is 7.03. The predicted molar refractivity (Wildman–Crippen MR) is 88.1 cm³/mol. The lowest BCUT2D eigenvalue weighted by Crippen LogP contribution is -2.39. The van der Waals surface area contributed by atoms with Crippen LogP contribution in [-0.2, 0) is 9.47 Å². The quantitative estimate of drug-likeness (QED) is 0.774. The molecule has 0 saturated carbocycles. The van der Waals surface area contributed by atoms with Gasteiger partial charge in [0, 0.05) is 13.1 Å². The first-order chi connectivity index (χ1) is 11.2. The van der Waals surface area contributed by atoms with E-state index >= 15 is 0 Å². The van der Waals surface area contributed by atoms with Crippen LogP contribution in [0, 0.1) is 5.82 Å². The van der Waals surface area contributed by atoms with Crippen LogP contribution in [-0.4, -0.2) is 42.8 Å². The zero-order valence-corrected chi connectivity index (χ0v) is 14.4. The molecule has 1 aromatic carbocycles. The molecule has 1 aliphatic heterocycles. The summed E-state index contributed by atoms with van der Waals surface area (Å²) in [4.78, 5) is 25.3. The van der Waals surface area contributed by atoms with Crippen molar-refractivity contribution in [3.05, 3.63) is 41.2 Å². The van der Waals surface area contributed by atoms with Crippen LogP contribution in [0.3, 0.4) is 0 Å². The molecule has 1 amide bonds. The maximum atomic E-state index is 13.7. The molecule has 2 rings (SSSR count). The number of hydrogen-bond acceptors (Lipinski definition) is 4. The zero-order chi connectivity index (χ0) is 17.9. The van der Waals surface area contributed by atoms with Crippen LogP contribution in [0.1, 0.15) is 43.1 Å². The Bertz CT molecular complexity index is 676. The third kappa shape index (κ3) is 4.34. The standard InChI is InChI=1S/C18H22FNO4/c1-18(2,3)24-17(22)20-9-7-12(8-10-20)13-5-6-15(19)14(11-13)16(21)23-4/h5-7,11H,8-10H2,1-4H3. The monoisotopic (exact) mass is 335 g/mol. The Morgan fingerprint density at radius 1 is 1.25 bits per heavy atom. The molecule has 1 aliphatic rings. The minimum absolute atomic E-state index is 0.0922. The third-order valence-electron chi connectivity index (χ3n) is 3.60. The number of hydrogen-bond donors (Lipinski definition) is 0. The van der Waals surface area contributed by atoms with Crippen LogP contribution in [0.25, 0.3) is 5.57 Å². The number of ether oxygens (including phenoxy) is 2. The molecule has 5 nitrogen and oxygen atoms in total. The minimum Gasteiger partial charge on any atom is -0.465 e. The minimum atomic E-state index is -0.707. The lowest BCUT2D eigenvalue weighted by molar-refractivity contribution is 0.0270. The van der Waals surface area contributed by atoms with E-state index in [4.69, 9.17) is 4.74 Å². The molecule has 0 saturated heterocycles. The number of halogens is 1. The summed E-state index contributed by atoms with van der Waals surface area (Å²) >= 11 is 0. The maximum Gasteiger partial charge on any atom is 0.410 e. The SMILES string of the molecule is COC(=O)c1cc(C2=CCN(C(=O)OC(C)(C)C)CC2)ccc1F. The van der Waals surface area contributed by atoms with Gasteiger partial charge >= 0.3 is 12.1 Å². The van der Waals surface area contributed by atoms with Crippen LogP contribution in [0.4, 0.5) is 9.18 Å². The van der Waals surface area contributed by atoms with Gasteiger partial charge in [-0.25, -0.2) is 14.0 Å². The van der Waals surface area contributed by atoms with Gasteiger partial charge in [-0.2, -0.15) is 0 Å². The van der Waals surface area contributed by atoms with E-state index in [1.54, 1.807) is 11.0 Å². The first-order valence-corrected chi connectivity index (χ1v) is 7.76. The number of methoxy groups -OCH3 is 1. The maximum absolute atomic E-state index is 13.7. The summed E-state index contributed by atoms with van der Waals surface area (Å²) in [5.74, 6) is -1.32. The number of amides is 1. The van der Waals surface area contributed by atoms with Crippen molar-refractivity contribution in [1.29, 1.82) is 0 Å². The van der Waals surface area contributed by atoms with Crippen molar-refractivity contribution < 1.29 is 23.5 Å². The number of nitrogens with zero attached hydrogens (tertiary/aromatic N) is 1. The van der Waals surface area contributed by atoms with Gasteiger partial charge in [0.2, 0.25) is 0 Å². The second-order valence-corrected chi connectivity index (χ2v) is 6.59. The molecule has 0 spiro atoms. The highest BCUT2D eigenvalue weighted by Crippen LogP contribution is 2.25. The van der Waals surface area contributed by atoms with Crippen LogP contribution in [0.5, 0.6) is 0 Å². The first kappa shape index (κ1) is 18.0. The Morgan fingerprint density at radius 2 is 1.96 bits per heavy atom. The third-order valence-corrected chi connectivity index (χ3v) is 3.60. The lowest BCUT2D eigenvalue weighted by Gasteiger charge is -2.29. The van der Waals surface area contributed by atoms with E-state index in [9.17, 15) is 14.0 Å². The van der Waals surface area contributed by atoms with Crippen LogP contribution in [0.2, 0.25) is 0 Å². The van der Waals surface area contributed by atoms with Gasteiger partial charge < -0.3 is 14.4 Å². The van der Waals surface area contributed by atoms with E-state index < -0.39 is 17.4 Å². The van der Waals surface area contributed by atoms with Gasteiger partial charge in [0.25, 0.3) is 0 Å². The summed E-state index contributed by atoms with van der Waals surface area (Å²) in [6, 6.07) is 4.36. The fourth-order valence-electron chi connectivity index (χ4n) is 2.42. The molecular weight excluding hydrogens is 313 g/mol. The van der Waals surface area contributed by atoms with E-state index in [2.05, 4.69) is 4.74 Å². The van der Waals surface area contributed by atoms with Crippen molar-refractivity contribution in [1.82, 2.24) is 4.90 Å². The number of carbonyl (C=O) groups is 2. The summed E-state index contributed by atoms with van der Waals surface area (Å²) in [6.45, 7) is 6.38. The summed E-state index contributed by atoms with van der Waals surface area (Å²) in [7, 11) is 1.22. The Balaban J connectivity index is 2.13. The molecule has 24 heavy (non-hydrogen) atoms. The highest BCUT2D eigenvalue weighted by atomic mass is 19.1. The molecule has 0 aliphatic carbocycles. The van der Waals surface area contributed by atoms with Crippen LogP contribution in [0.15, 0.2) is 24.3 Å². The van der Waals surface area contributed by atoms with Gasteiger partial charge in [0.05, 0.1) is 12.7 Å². The molecule has 1 aromatic rings. The number of rotatable bonds is 2. The first-order valence-electron chi connectivity index (χ1n) is 7.76. The highest BCUT2D eigenvalue weighted by molar-refractivity contribution is 5.91. The second-order valence-electron chi connectivity index (χ2n) is 6.59. The van der Waals surface area contributed by atoms with Gasteiger partial charge in [-0.3, -0.25) is 0 Å². The van der Waals surface area contributed by atoms with Gasteiger partial charge in [0.1, 0.15) is 11.4 Å². The number of benzene rings is 1. The van der Waals surface area contributed by atoms with Crippen molar-refractivity contribution in [3.8, 4) is 0 Å². The van der Waals surface area contributed by atoms with Crippen molar-refractivity contribution >= 4 is 17.6 Å². The van der Waals surface area contributed by atoms with Crippen molar-refractivity contribution in [2.24, 2.45) is 0 Å². The Labute approximate surface area is 141 Å². The fraction of sp³-hybridized carbons (Fsp3) is 0.444. The van der Waals surface area contributed by atoms with Gasteiger partial charge in [-0.1, -0.05) is 12.1 Å². The van der Waals surface area contributed by atoms with Crippen LogP contribution < -0.4 is 0 Å². The molecule has 0 radical (unpaired) electrons. The number of carbonyl (C=O) groups excluding carboxylic acids is 2. The largest absolute Gasteiger partial charge is 0.465 e. The lowest BCUT2D eigenvalue weighted by atomic mass is 9.97. The van der Waals surface area contributed by atoms with Gasteiger partial charge in [-0.05, 0) is 50.5 Å². The molecular formula is C18H22FNO4. The van der Waals surface area contributed by atoms with E-state index in [-0.39, 0.29) is 11.7 Å². The molecule has 0 bridgehead atoms. The Morgan fingerprint density at radius 3 is 2.50 bits per heavy atom. The molecule has 0 fully saturated rings. The van der Waals surface area contributed by atoms with Crippen molar-refractivity contribution in [2.75, 3.05) is 20.2 Å². The summed E-state index contributed by atoms with van der Waals surface area (Å²) < 4.78 is 23.6. The Kier molecular flexibility index (Phi) is 5.26. The normalized spacial score (nSPS) is 14.9. The molecule has 0 unspecified atom stereocenters. The summed E-state index contributed by atoms with van der Waals surface area (Å²) in [5.41, 5.74) is 1.08. The molecule has 0 aromatic heterocycles. The molecule has 1 heterocycles. The van der Waals surface area contributed by atoms with Crippen LogP contribution >= 0.6 is 0 Å². The molecule has 0 N–H and O–H groups in total. The smallest absolute Gasteiger partial charge is 0.410 e.